The topological polar surface area (TPSA) is 239 Å². The summed E-state index contributed by atoms with van der Waals surface area (Å²) in [5, 5.41) is 34.3. The number of alkyl carbamates (subject to hydrolysis) is 1. The van der Waals surface area contributed by atoms with Crippen LogP contribution in [-0.4, -0.2) is 134 Å². The van der Waals surface area contributed by atoms with Gasteiger partial charge in [-0.15, -0.1) is 5.10 Å². The number of unbranched alkanes of at least 4 members (excludes halogenated alkanes) is 13. The molecule has 18 nitrogen and oxygen atoms in total. The van der Waals surface area contributed by atoms with Crippen molar-refractivity contribution >= 4 is 29.8 Å². The van der Waals surface area contributed by atoms with Crippen LogP contribution in [0.3, 0.4) is 0 Å². The van der Waals surface area contributed by atoms with Crippen LogP contribution < -0.4 is 16.0 Å². The van der Waals surface area contributed by atoms with Crippen LogP contribution in [0.25, 0.3) is 0 Å². The van der Waals surface area contributed by atoms with Gasteiger partial charge in [0.2, 0.25) is 11.8 Å². The molecule has 0 saturated carbocycles. The predicted octanol–water partition coefficient (Wildman–Crippen LogP) is 4.82. The zero-order valence-corrected chi connectivity index (χ0v) is 35.6. The molecule has 1 heterocycles. The molecule has 1 atom stereocenters. The monoisotopic (exact) mass is 843 g/mol. The van der Waals surface area contributed by atoms with Crippen LogP contribution in [0.15, 0.2) is 6.20 Å². The number of hydrogen-bond donors (Lipinski definition) is 5. The van der Waals surface area contributed by atoms with E-state index in [4.69, 9.17) is 28.8 Å². The minimum atomic E-state index is -1.16. The maximum absolute atomic E-state index is 12.3. The lowest BCUT2D eigenvalue weighted by atomic mass is 10.0. The minimum Gasteiger partial charge on any atom is -0.481 e. The van der Waals surface area contributed by atoms with Crippen molar-refractivity contribution in [1.29, 1.82) is 0 Å². The van der Waals surface area contributed by atoms with Gasteiger partial charge < -0.3 is 49.8 Å². The van der Waals surface area contributed by atoms with Gasteiger partial charge in [-0.1, -0.05) is 89.2 Å². The quantitative estimate of drug-likeness (QED) is 0.0556. The van der Waals surface area contributed by atoms with Crippen LogP contribution in [0.1, 0.15) is 135 Å². The maximum Gasteiger partial charge on any atom is 0.407 e. The molecule has 1 unspecified atom stereocenters. The molecule has 0 aliphatic rings. The van der Waals surface area contributed by atoms with E-state index in [0.29, 0.717) is 72.2 Å². The van der Waals surface area contributed by atoms with Crippen molar-refractivity contribution in [2.75, 3.05) is 72.6 Å². The first-order valence-corrected chi connectivity index (χ1v) is 21.8. The van der Waals surface area contributed by atoms with E-state index < -0.39 is 24.1 Å². The van der Waals surface area contributed by atoms with E-state index in [2.05, 4.69) is 33.2 Å². The lowest BCUT2D eigenvalue weighted by Gasteiger charge is -2.14. The number of rotatable bonds is 42. The SMILES string of the molecule is CCCCCNC(=O)OCCc1cn(CCOCCOCCOCCOCCNC(=O)CCC(NC(=O)CCCCCCCCCCCCCCC(=O)O)C(=O)O)nn1. The van der Waals surface area contributed by atoms with Gasteiger partial charge in [0, 0.05) is 45.0 Å². The molecule has 0 aliphatic heterocycles. The van der Waals surface area contributed by atoms with Gasteiger partial charge in [0.05, 0.1) is 71.7 Å². The number of carbonyl (C=O) groups is 5. The summed E-state index contributed by atoms with van der Waals surface area (Å²) in [6, 6.07) is -1.12. The summed E-state index contributed by atoms with van der Waals surface area (Å²) < 4.78 is 28.9. The molecule has 0 aliphatic carbocycles. The molecule has 1 aromatic heterocycles. The molecule has 1 aromatic rings. The first-order chi connectivity index (χ1) is 28.7. The number of carbonyl (C=O) groups excluding carboxylic acids is 3. The van der Waals surface area contributed by atoms with Gasteiger partial charge >= 0.3 is 18.0 Å². The molecular formula is C41H74N6O12. The number of ether oxygens (including phenoxy) is 5. The van der Waals surface area contributed by atoms with Gasteiger partial charge in [0.1, 0.15) is 6.04 Å². The molecule has 0 aromatic carbocycles. The zero-order chi connectivity index (χ0) is 43.0. The number of carboxylic acid groups (broad SMARTS) is 2. The van der Waals surface area contributed by atoms with Crippen LogP contribution in [0, 0.1) is 0 Å². The smallest absolute Gasteiger partial charge is 0.407 e. The van der Waals surface area contributed by atoms with E-state index in [1.54, 1.807) is 10.9 Å². The number of aliphatic carboxylic acids is 2. The predicted molar refractivity (Wildman–Crippen MR) is 220 cm³/mol. The highest BCUT2D eigenvalue weighted by atomic mass is 16.6. The number of nitrogens with one attached hydrogen (secondary N) is 3. The van der Waals surface area contributed by atoms with Crippen LogP contribution in [-0.2, 0) is 55.8 Å². The van der Waals surface area contributed by atoms with Crippen molar-refractivity contribution in [2.45, 2.75) is 148 Å². The third kappa shape index (κ3) is 34.7. The summed E-state index contributed by atoms with van der Waals surface area (Å²) in [7, 11) is 0. The van der Waals surface area contributed by atoms with Crippen molar-refractivity contribution in [1.82, 2.24) is 30.9 Å². The van der Waals surface area contributed by atoms with Crippen LogP contribution in [0.4, 0.5) is 4.79 Å². The molecule has 18 heteroatoms. The van der Waals surface area contributed by atoms with E-state index in [0.717, 1.165) is 76.3 Å². The fourth-order valence-corrected chi connectivity index (χ4v) is 5.83. The van der Waals surface area contributed by atoms with Crippen LogP contribution in [0.2, 0.25) is 0 Å². The van der Waals surface area contributed by atoms with Crippen molar-refractivity contribution in [3.63, 3.8) is 0 Å². The largest absolute Gasteiger partial charge is 0.481 e. The summed E-state index contributed by atoms with van der Waals surface area (Å²) in [6.07, 6.45) is 17.9. The van der Waals surface area contributed by atoms with Crippen molar-refractivity contribution < 1.29 is 57.9 Å². The molecule has 0 radical (unpaired) electrons. The molecule has 0 fully saturated rings. The Morgan fingerprint density at radius 1 is 0.627 bits per heavy atom. The minimum absolute atomic E-state index is 0.00189. The highest BCUT2D eigenvalue weighted by Crippen LogP contribution is 2.13. The van der Waals surface area contributed by atoms with E-state index in [1.165, 1.54) is 19.3 Å². The van der Waals surface area contributed by atoms with E-state index in [9.17, 15) is 29.1 Å². The Balaban J connectivity index is 1.90. The second-order valence-corrected chi connectivity index (χ2v) is 14.4. The fourth-order valence-electron chi connectivity index (χ4n) is 5.83. The molecule has 340 valence electrons. The van der Waals surface area contributed by atoms with Crippen LogP contribution >= 0.6 is 0 Å². The van der Waals surface area contributed by atoms with Gasteiger partial charge in [-0.25, -0.2) is 14.3 Å². The molecule has 59 heavy (non-hydrogen) atoms. The fraction of sp³-hybridized carbons (Fsp3) is 0.829. The average Bonchev–Trinajstić information content (AvgIpc) is 3.66. The van der Waals surface area contributed by atoms with Gasteiger partial charge in [0.15, 0.2) is 0 Å². The number of carboxylic acids is 2. The second-order valence-electron chi connectivity index (χ2n) is 14.4. The third-order valence-corrected chi connectivity index (χ3v) is 9.21. The lowest BCUT2D eigenvalue weighted by Crippen LogP contribution is -2.41. The van der Waals surface area contributed by atoms with Gasteiger partial charge in [-0.3, -0.25) is 14.4 Å². The van der Waals surface area contributed by atoms with Gasteiger partial charge in [-0.05, 0) is 25.7 Å². The second kappa shape index (κ2) is 38.3. The number of amides is 3. The molecule has 0 spiro atoms. The first kappa shape index (κ1) is 53.1. The highest BCUT2D eigenvalue weighted by Gasteiger charge is 2.20. The van der Waals surface area contributed by atoms with Gasteiger partial charge in [-0.2, -0.15) is 0 Å². The Hall–Kier alpha value is -3.87. The Morgan fingerprint density at radius 2 is 1.19 bits per heavy atom. The molecule has 5 N–H and O–H groups in total. The van der Waals surface area contributed by atoms with Crippen molar-refractivity contribution in [3.05, 3.63) is 11.9 Å². The number of nitrogens with zero attached hydrogens (tertiary/aromatic N) is 3. The van der Waals surface area contributed by atoms with E-state index in [1.807, 2.05) is 0 Å². The highest BCUT2D eigenvalue weighted by molar-refractivity contribution is 5.84. The summed E-state index contributed by atoms with van der Waals surface area (Å²) in [5.74, 6) is -2.51. The molecular weight excluding hydrogens is 768 g/mol. The Labute approximate surface area is 350 Å². The zero-order valence-electron chi connectivity index (χ0n) is 35.6. The standard InChI is InChI=1S/C41H74N6O12/c1-2-3-16-22-43-41(54)59-25-21-35-34-47(46-45-35)24-27-56-29-31-58-33-32-57-30-28-55-26-23-42-37(48)20-19-36(40(52)53)44-38(49)17-14-12-10-8-6-4-5-7-9-11-13-15-18-39(50)51/h34,36H,2-33H2,1H3,(H,42,48)(H,43,54)(H,44,49)(H,50,51)(H,52,53). The number of aromatic nitrogens is 3. The third-order valence-electron chi connectivity index (χ3n) is 9.21. The Morgan fingerprint density at radius 3 is 1.76 bits per heavy atom. The summed E-state index contributed by atoms with van der Waals surface area (Å²) >= 11 is 0. The summed E-state index contributed by atoms with van der Waals surface area (Å²) in [6.45, 7) is 6.86. The number of hydrogen-bond acceptors (Lipinski definition) is 12. The summed E-state index contributed by atoms with van der Waals surface area (Å²) in [5.41, 5.74) is 0.736. The molecule has 0 saturated heterocycles. The van der Waals surface area contributed by atoms with E-state index >= 15 is 0 Å². The normalized spacial score (nSPS) is 11.6. The van der Waals surface area contributed by atoms with Gasteiger partial charge in [0.25, 0.3) is 0 Å². The molecule has 0 bridgehead atoms. The van der Waals surface area contributed by atoms with Crippen molar-refractivity contribution in [2.24, 2.45) is 0 Å². The Bertz CT molecular complexity index is 1240. The average molecular weight is 843 g/mol. The summed E-state index contributed by atoms with van der Waals surface area (Å²) in [4.78, 5) is 58.3. The maximum atomic E-state index is 12.3. The molecule has 1 rings (SSSR count). The Kier molecular flexibility index (Phi) is 34.5. The molecule has 3 amide bonds. The van der Waals surface area contributed by atoms with Crippen LogP contribution in [0.5, 0.6) is 0 Å². The van der Waals surface area contributed by atoms with Crippen molar-refractivity contribution in [3.8, 4) is 0 Å². The lowest BCUT2D eigenvalue weighted by molar-refractivity contribution is -0.142. The van der Waals surface area contributed by atoms with E-state index in [-0.39, 0.29) is 57.3 Å². The first-order valence-electron chi connectivity index (χ1n) is 21.8.